The van der Waals surface area contributed by atoms with Crippen molar-refractivity contribution >= 4 is 23.0 Å². The number of carbonyl (C=O) groups excluding carboxylic acids is 2. The van der Waals surface area contributed by atoms with Crippen LogP contribution in [0.3, 0.4) is 0 Å². The first-order chi connectivity index (χ1) is 11.5. The Kier molecular flexibility index (Phi) is 5.57. The van der Waals surface area contributed by atoms with E-state index in [9.17, 15) is 14.7 Å². The number of nitrogens with zero attached hydrogens (tertiary/aromatic N) is 1. The Balaban J connectivity index is 0.00000225. The minimum absolute atomic E-state index is 0. The Morgan fingerprint density at radius 3 is 2.56 bits per heavy atom. The molecule has 2 N–H and O–H groups in total. The van der Waals surface area contributed by atoms with Crippen LogP contribution in [0.4, 0.5) is 5.69 Å². The largest absolute Gasteiger partial charge is 1.00 e. The van der Waals surface area contributed by atoms with Crippen LogP contribution in [-0.2, 0) is 0 Å². The number of ketones is 1. The summed E-state index contributed by atoms with van der Waals surface area (Å²) in [5.41, 5.74) is 7.55. The molecule has 0 aliphatic heterocycles. The van der Waals surface area contributed by atoms with E-state index in [1.54, 1.807) is 30.7 Å². The third-order valence-corrected chi connectivity index (χ3v) is 3.98. The summed E-state index contributed by atoms with van der Waals surface area (Å²) in [6.45, 7) is 1.79. The van der Waals surface area contributed by atoms with Gasteiger partial charge in [0.05, 0.1) is 18.6 Å². The first kappa shape index (κ1) is 19.1. The molecule has 0 saturated carbocycles. The first-order valence-corrected chi connectivity index (χ1v) is 7.25. The van der Waals surface area contributed by atoms with Crippen LogP contribution in [0.1, 0.15) is 32.0 Å². The molecule has 0 saturated heterocycles. The fourth-order valence-corrected chi connectivity index (χ4v) is 2.85. The van der Waals surface area contributed by atoms with Gasteiger partial charge < -0.3 is 24.8 Å². The third kappa shape index (κ3) is 3.16. The smallest absolute Gasteiger partial charge is 0.545 e. The predicted octanol–water partition coefficient (Wildman–Crippen LogP) is -1.56. The number of anilines is 1. The normalized spacial score (nSPS) is 10.3. The van der Waals surface area contributed by atoms with E-state index in [1.165, 1.54) is 18.2 Å². The van der Waals surface area contributed by atoms with Gasteiger partial charge in [-0.25, -0.2) is 0 Å². The number of aromatic nitrogens is 1. The SMILES string of the molecule is COc1c(C)c(C(=O)c2ccc(N)c(C(=O)[O-])c2)n2ccccc12.[Na+]. The minimum atomic E-state index is -1.42. The summed E-state index contributed by atoms with van der Waals surface area (Å²) in [7, 11) is 1.54. The molecule has 0 radical (unpaired) electrons. The average molecular weight is 346 g/mol. The van der Waals surface area contributed by atoms with Crippen LogP contribution < -0.4 is 45.1 Å². The van der Waals surface area contributed by atoms with Gasteiger partial charge in [0.15, 0.2) is 0 Å². The molecule has 0 spiro atoms. The monoisotopic (exact) mass is 346 g/mol. The van der Waals surface area contributed by atoms with E-state index in [-0.39, 0.29) is 52.2 Å². The minimum Gasteiger partial charge on any atom is -0.545 e. The number of nitrogen functional groups attached to an aromatic ring is 1. The van der Waals surface area contributed by atoms with Crippen molar-refractivity contribution in [1.82, 2.24) is 4.40 Å². The van der Waals surface area contributed by atoms with Crippen molar-refractivity contribution in [3.63, 3.8) is 0 Å². The topological polar surface area (TPSA) is 96.9 Å². The molecular weight excluding hydrogens is 331 g/mol. The molecule has 6 nitrogen and oxygen atoms in total. The molecule has 2 aromatic heterocycles. The van der Waals surface area contributed by atoms with Crippen LogP contribution in [0.15, 0.2) is 42.6 Å². The summed E-state index contributed by atoms with van der Waals surface area (Å²) in [5.74, 6) is -1.13. The zero-order valence-electron chi connectivity index (χ0n) is 14.2. The maximum atomic E-state index is 13.0. The number of carbonyl (C=O) groups is 2. The molecule has 0 bridgehead atoms. The van der Waals surface area contributed by atoms with Gasteiger partial charge in [-0.05, 0) is 37.3 Å². The van der Waals surface area contributed by atoms with Crippen LogP contribution in [0.25, 0.3) is 5.52 Å². The Morgan fingerprint density at radius 2 is 1.92 bits per heavy atom. The summed E-state index contributed by atoms with van der Waals surface area (Å²) in [6, 6.07) is 9.62. The molecule has 122 valence electrons. The van der Waals surface area contributed by atoms with E-state index in [1.807, 2.05) is 12.1 Å². The number of hydrogen-bond acceptors (Lipinski definition) is 5. The number of benzene rings is 1. The van der Waals surface area contributed by atoms with E-state index in [0.717, 1.165) is 5.52 Å². The van der Waals surface area contributed by atoms with E-state index < -0.39 is 5.97 Å². The maximum absolute atomic E-state index is 13.0. The van der Waals surface area contributed by atoms with Crippen LogP contribution in [0, 0.1) is 6.92 Å². The van der Waals surface area contributed by atoms with Crippen molar-refractivity contribution in [2.45, 2.75) is 6.92 Å². The summed E-state index contributed by atoms with van der Waals surface area (Å²) in [5, 5.41) is 11.1. The Bertz CT molecular complexity index is 979. The second-order valence-corrected chi connectivity index (χ2v) is 5.38. The number of ether oxygens (including phenoxy) is 1. The van der Waals surface area contributed by atoms with Gasteiger partial charge in [0, 0.05) is 28.6 Å². The quantitative estimate of drug-likeness (QED) is 0.350. The molecule has 7 heteroatoms. The number of carboxylic acid groups (broad SMARTS) is 1. The summed E-state index contributed by atoms with van der Waals surface area (Å²) >= 11 is 0. The van der Waals surface area contributed by atoms with Crippen LogP contribution >= 0.6 is 0 Å². The second-order valence-electron chi connectivity index (χ2n) is 5.38. The standard InChI is InChI=1S/C18H16N2O4.Na/c1-10-15(20-8-4-3-5-14(20)17(10)24-2)16(21)11-6-7-13(19)12(9-11)18(22)23;/h3-9H,19H2,1-2H3,(H,22,23);/q;+1/p-1. The van der Waals surface area contributed by atoms with Gasteiger partial charge in [-0.2, -0.15) is 0 Å². The number of nitrogens with two attached hydrogens (primary N) is 1. The molecule has 0 amide bonds. The van der Waals surface area contributed by atoms with Crippen LogP contribution in [0.2, 0.25) is 0 Å². The number of pyridine rings is 1. The van der Waals surface area contributed by atoms with Gasteiger partial charge in [-0.3, -0.25) is 4.79 Å². The van der Waals surface area contributed by atoms with Crippen molar-refractivity contribution in [2.24, 2.45) is 0 Å². The molecule has 1 aromatic carbocycles. The Labute approximate surface area is 166 Å². The number of carboxylic acids is 1. The zero-order valence-corrected chi connectivity index (χ0v) is 16.2. The fraction of sp³-hybridized carbons (Fsp3) is 0.111. The number of hydrogen-bond donors (Lipinski definition) is 1. The van der Waals surface area contributed by atoms with Gasteiger partial charge in [-0.1, -0.05) is 6.07 Å². The molecule has 3 rings (SSSR count). The number of rotatable bonds is 4. The van der Waals surface area contributed by atoms with Gasteiger partial charge in [0.2, 0.25) is 5.78 Å². The third-order valence-electron chi connectivity index (χ3n) is 3.98. The van der Waals surface area contributed by atoms with E-state index >= 15 is 0 Å². The molecule has 0 atom stereocenters. The van der Waals surface area contributed by atoms with Crippen molar-refractivity contribution in [3.05, 3.63) is 65.0 Å². The summed E-state index contributed by atoms with van der Waals surface area (Å²) in [4.78, 5) is 24.1. The zero-order chi connectivity index (χ0) is 17.4. The van der Waals surface area contributed by atoms with Crippen LogP contribution in [0.5, 0.6) is 5.75 Å². The van der Waals surface area contributed by atoms with Crippen molar-refractivity contribution < 1.29 is 49.0 Å². The molecular formula is C18H15N2NaO4. The molecule has 0 fully saturated rings. The molecule has 0 aliphatic rings. The molecule has 0 unspecified atom stereocenters. The fourth-order valence-electron chi connectivity index (χ4n) is 2.85. The van der Waals surface area contributed by atoms with Gasteiger partial charge in [0.1, 0.15) is 11.4 Å². The molecule has 3 aromatic rings. The Morgan fingerprint density at radius 1 is 1.20 bits per heavy atom. The number of aromatic carboxylic acids is 1. The Hall–Kier alpha value is -2.28. The summed E-state index contributed by atoms with van der Waals surface area (Å²) in [6.07, 6.45) is 1.76. The molecule has 2 heterocycles. The number of fused-ring (bicyclic) bond motifs is 1. The van der Waals surface area contributed by atoms with Crippen molar-refractivity contribution in [2.75, 3.05) is 12.8 Å². The maximum Gasteiger partial charge on any atom is 1.00 e. The molecule has 0 aliphatic carbocycles. The molecule has 25 heavy (non-hydrogen) atoms. The first-order valence-electron chi connectivity index (χ1n) is 7.25. The number of methoxy groups -OCH3 is 1. The van der Waals surface area contributed by atoms with Gasteiger partial charge in [-0.15, -0.1) is 0 Å². The predicted molar refractivity (Wildman–Crippen MR) is 87.3 cm³/mol. The van der Waals surface area contributed by atoms with E-state index in [0.29, 0.717) is 17.0 Å². The van der Waals surface area contributed by atoms with Gasteiger partial charge >= 0.3 is 29.6 Å². The average Bonchev–Trinajstić information content (AvgIpc) is 2.85. The summed E-state index contributed by atoms with van der Waals surface area (Å²) < 4.78 is 7.14. The van der Waals surface area contributed by atoms with Crippen LogP contribution in [-0.4, -0.2) is 23.3 Å². The van der Waals surface area contributed by atoms with E-state index in [2.05, 4.69) is 0 Å². The second kappa shape index (κ2) is 7.31. The van der Waals surface area contributed by atoms with Crippen molar-refractivity contribution in [1.29, 1.82) is 0 Å². The van der Waals surface area contributed by atoms with E-state index in [4.69, 9.17) is 10.5 Å². The van der Waals surface area contributed by atoms with Crippen molar-refractivity contribution in [3.8, 4) is 5.75 Å². The van der Waals surface area contributed by atoms with Gasteiger partial charge in [0.25, 0.3) is 0 Å².